The minimum absolute atomic E-state index is 0.0902. The molecule has 0 saturated heterocycles. The van der Waals surface area contributed by atoms with Gasteiger partial charge in [-0.25, -0.2) is 0 Å². The second-order valence-corrected chi connectivity index (χ2v) is 3.58. The maximum atomic E-state index is 8.72. The summed E-state index contributed by atoms with van der Waals surface area (Å²) in [6.45, 7) is 0. The highest BCUT2D eigenvalue weighted by atomic mass is 32.2. The lowest BCUT2D eigenvalue weighted by Crippen LogP contribution is -2.02. The fourth-order valence-electron chi connectivity index (χ4n) is 1.01. The van der Waals surface area contributed by atoms with Crippen molar-refractivity contribution in [2.24, 2.45) is 0 Å². The molecule has 0 fully saturated rings. The van der Waals surface area contributed by atoms with Crippen molar-refractivity contribution in [1.82, 2.24) is 0 Å². The average Bonchev–Trinajstić information content (AvgIpc) is 2.16. The molecular formula is C10H11NS. The number of hydrogen-bond acceptors (Lipinski definition) is 2. The van der Waals surface area contributed by atoms with Crippen LogP contribution < -0.4 is 0 Å². The normalized spacial score (nSPS) is 12.0. The van der Waals surface area contributed by atoms with Gasteiger partial charge in [0, 0.05) is 0 Å². The van der Waals surface area contributed by atoms with Gasteiger partial charge < -0.3 is 0 Å². The molecular weight excluding hydrogens is 166 g/mol. The van der Waals surface area contributed by atoms with Crippen LogP contribution in [0.3, 0.4) is 0 Å². The highest BCUT2D eigenvalue weighted by Gasteiger charge is 2.04. The lowest BCUT2D eigenvalue weighted by molar-refractivity contribution is 1.03. The van der Waals surface area contributed by atoms with Crippen molar-refractivity contribution in [2.75, 3.05) is 6.26 Å². The van der Waals surface area contributed by atoms with Crippen LogP contribution in [-0.4, -0.2) is 11.5 Å². The van der Waals surface area contributed by atoms with E-state index >= 15 is 0 Å². The second kappa shape index (κ2) is 4.84. The summed E-state index contributed by atoms with van der Waals surface area (Å²) in [5, 5.41) is 8.81. The fraction of sp³-hybridized carbons (Fsp3) is 0.300. The third kappa shape index (κ3) is 2.60. The van der Waals surface area contributed by atoms with Gasteiger partial charge in [0.2, 0.25) is 0 Å². The number of benzene rings is 1. The molecule has 0 aromatic heterocycles. The highest BCUT2D eigenvalue weighted by Crippen LogP contribution is 2.12. The quantitative estimate of drug-likeness (QED) is 0.708. The van der Waals surface area contributed by atoms with E-state index in [1.54, 1.807) is 11.8 Å². The van der Waals surface area contributed by atoms with E-state index in [-0.39, 0.29) is 5.25 Å². The van der Waals surface area contributed by atoms with Gasteiger partial charge in [0.1, 0.15) is 0 Å². The zero-order chi connectivity index (χ0) is 8.81. The minimum atomic E-state index is 0.0902. The van der Waals surface area contributed by atoms with Gasteiger partial charge in [0.25, 0.3) is 0 Å². The van der Waals surface area contributed by atoms with E-state index in [0.29, 0.717) is 0 Å². The van der Waals surface area contributed by atoms with E-state index in [1.807, 2.05) is 24.5 Å². The lowest BCUT2D eigenvalue weighted by Gasteiger charge is -2.04. The summed E-state index contributed by atoms with van der Waals surface area (Å²) < 4.78 is 0. The summed E-state index contributed by atoms with van der Waals surface area (Å²) >= 11 is 1.60. The van der Waals surface area contributed by atoms with Crippen LogP contribution in [0.2, 0.25) is 0 Å². The smallest absolute Gasteiger partial charge is 0.0954 e. The molecule has 1 unspecified atom stereocenters. The predicted molar refractivity (Wildman–Crippen MR) is 53.1 cm³/mol. The maximum absolute atomic E-state index is 8.72. The molecule has 1 nitrogen and oxygen atoms in total. The molecule has 1 atom stereocenters. The molecule has 0 spiro atoms. The summed E-state index contributed by atoms with van der Waals surface area (Å²) in [5.41, 5.74) is 1.23. The van der Waals surface area contributed by atoms with Crippen LogP contribution in [0.4, 0.5) is 0 Å². The van der Waals surface area contributed by atoms with Crippen LogP contribution in [0.5, 0.6) is 0 Å². The molecule has 1 aromatic rings. The average molecular weight is 177 g/mol. The fourth-order valence-corrected chi connectivity index (χ4v) is 1.47. The minimum Gasteiger partial charge on any atom is -0.197 e. The summed E-state index contributed by atoms with van der Waals surface area (Å²) in [6, 6.07) is 12.4. The first-order chi connectivity index (χ1) is 5.86. The van der Waals surface area contributed by atoms with Gasteiger partial charge in [-0.15, -0.1) is 11.8 Å². The summed E-state index contributed by atoms with van der Waals surface area (Å²) in [7, 11) is 0. The largest absolute Gasteiger partial charge is 0.197 e. The zero-order valence-corrected chi connectivity index (χ0v) is 7.84. The van der Waals surface area contributed by atoms with Crippen molar-refractivity contribution in [3.63, 3.8) is 0 Å². The van der Waals surface area contributed by atoms with E-state index in [2.05, 4.69) is 18.2 Å². The van der Waals surface area contributed by atoms with Crippen LogP contribution in [0.15, 0.2) is 30.3 Å². The van der Waals surface area contributed by atoms with E-state index in [4.69, 9.17) is 5.26 Å². The van der Waals surface area contributed by atoms with Gasteiger partial charge in [-0.05, 0) is 18.2 Å². The Hall–Kier alpha value is -0.940. The third-order valence-corrected chi connectivity index (χ3v) is 2.53. The van der Waals surface area contributed by atoms with Crippen LogP contribution >= 0.6 is 11.8 Å². The van der Waals surface area contributed by atoms with Gasteiger partial charge in [-0.1, -0.05) is 30.3 Å². The van der Waals surface area contributed by atoms with Crippen molar-refractivity contribution in [1.29, 1.82) is 5.26 Å². The molecule has 0 N–H and O–H groups in total. The summed E-state index contributed by atoms with van der Waals surface area (Å²) in [4.78, 5) is 0. The van der Waals surface area contributed by atoms with Gasteiger partial charge in [0.15, 0.2) is 0 Å². The molecule has 0 bridgehead atoms. The topological polar surface area (TPSA) is 23.8 Å². The number of hydrogen-bond donors (Lipinski definition) is 0. The molecule has 0 aliphatic carbocycles. The molecule has 0 heterocycles. The maximum Gasteiger partial charge on any atom is 0.0954 e. The Balaban J connectivity index is 2.58. The van der Waals surface area contributed by atoms with E-state index in [0.717, 1.165) is 6.42 Å². The van der Waals surface area contributed by atoms with Crippen LogP contribution in [-0.2, 0) is 6.42 Å². The Morgan fingerprint density at radius 2 is 2.08 bits per heavy atom. The number of rotatable bonds is 3. The van der Waals surface area contributed by atoms with Gasteiger partial charge in [-0.2, -0.15) is 5.26 Å². The molecule has 1 aromatic carbocycles. The Morgan fingerprint density at radius 1 is 1.42 bits per heavy atom. The third-order valence-electron chi connectivity index (χ3n) is 1.69. The Morgan fingerprint density at radius 3 is 2.58 bits per heavy atom. The van der Waals surface area contributed by atoms with Crippen molar-refractivity contribution in [3.8, 4) is 6.07 Å². The summed E-state index contributed by atoms with van der Waals surface area (Å²) in [5.74, 6) is 0. The predicted octanol–water partition coefficient (Wildman–Crippen LogP) is 2.48. The molecule has 12 heavy (non-hydrogen) atoms. The van der Waals surface area contributed by atoms with Crippen molar-refractivity contribution in [3.05, 3.63) is 35.9 Å². The molecule has 0 amide bonds. The lowest BCUT2D eigenvalue weighted by atomic mass is 10.1. The first-order valence-corrected chi connectivity index (χ1v) is 5.12. The zero-order valence-electron chi connectivity index (χ0n) is 7.03. The monoisotopic (exact) mass is 177 g/mol. The van der Waals surface area contributed by atoms with Gasteiger partial charge in [0.05, 0.1) is 11.3 Å². The molecule has 0 saturated carbocycles. The molecule has 1 rings (SSSR count). The molecule has 0 aliphatic rings. The Kier molecular flexibility index (Phi) is 3.69. The van der Waals surface area contributed by atoms with Crippen molar-refractivity contribution < 1.29 is 0 Å². The van der Waals surface area contributed by atoms with E-state index in [1.165, 1.54) is 5.56 Å². The summed E-state index contributed by atoms with van der Waals surface area (Å²) in [6.07, 6.45) is 2.81. The van der Waals surface area contributed by atoms with Crippen molar-refractivity contribution in [2.45, 2.75) is 11.7 Å². The van der Waals surface area contributed by atoms with E-state index < -0.39 is 0 Å². The number of nitriles is 1. The first kappa shape index (κ1) is 9.15. The number of thioether (sulfide) groups is 1. The van der Waals surface area contributed by atoms with Gasteiger partial charge in [-0.3, -0.25) is 0 Å². The van der Waals surface area contributed by atoms with Gasteiger partial charge >= 0.3 is 0 Å². The number of nitrogens with zero attached hydrogens (tertiary/aromatic N) is 1. The Labute approximate surface area is 77.4 Å². The van der Waals surface area contributed by atoms with Crippen LogP contribution in [0, 0.1) is 11.3 Å². The van der Waals surface area contributed by atoms with E-state index in [9.17, 15) is 0 Å². The molecule has 62 valence electrons. The standard InChI is InChI=1S/C10H11NS/c1-12-10(8-11)7-9-5-3-2-4-6-9/h2-6,10H,7H2,1H3. The molecule has 0 radical (unpaired) electrons. The van der Waals surface area contributed by atoms with Crippen molar-refractivity contribution >= 4 is 11.8 Å². The van der Waals surface area contributed by atoms with Crippen LogP contribution in [0.1, 0.15) is 5.56 Å². The first-order valence-electron chi connectivity index (χ1n) is 3.83. The second-order valence-electron chi connectivity index (χ2n) is 2.54. The van der Waals surface area contributed by atoms with Crippen LogP contribution in [0.25, 0.3) is 0 Å². The SMILES string of the molecule is CSC(C#N)Cc1ccccc1. The highest BCUT2D eigenvalue weighted by molar-refractivity contribution is 7.99. The Bertz CT molecular complexity index is 263. The molecule has 2 heteroatoms. The molecule has 0 aliphatic heterocycles.